The summed E-state index contributed by atoms with van der Waals surface area (Å²) in [4.78, 5) is 22.9. The van der Waals surface area contributed by atoms with Crippen LogP contribution in [0.1, 0.15) is 32.1 Å². The summed E-state index contributed by atoms with van der Waals surface area (Å²) >= 11 is 0. The van der Waals surface area contributed by atoms with E-state index >= 15 is 0 Å². The number of carbonyl (C=O) groups excluding carboxylic acids is 1. The van der Waals surface area contributed by atoms with Gasteiger partial charge in [0, 0.05) is 13.2 Å². The van der Waals surface area contributed by atoms with Crippen LogP contribution >= 0.6 is 0 Å². The summed E-state index contributed by atoms with van der Waals surface area (Å²) in [6, 6.07) is 0.169. The van der Waals surface area contributed by atoms with Gasteiger partial charge in [0.25, 0.3) is 0 Å². The molecule has 2 atom stereocenters. The van der Waals surface area contributed by atoms with Crippen molar-refractivity contribution in [3.8, 4) is 0 Å². The highest BCUT2D eigenvalue weighted by Crippen LogP contribution is 2.33. The van der Waals surface area contributed by atoms with E-state index in [-0.39, 0.29) is 24.0 Å². The molecular formula is C12H19NO4. The monoisotopic (exact) mass is 241 g/mol. The molecule has 17 heavy (non-hydrogen) atoms. The van der Waals surface area contributed by atoms with E-state index in [9.17, 15) is 9.59 Å². The fourth-order valence-corrected chi connectivity index (χ4v) is 2.75. The molecule has 0 radical (unpaired) electrons. The summed E-state index contributed by atoms with van der Waals surface area (Å²) in [6.45, 7) is 0. The summed E-state index contributed by atoms with van der Waals surface area (Å²) in [7, 11) is 1.67. The Morgan fingerprint density at radius 1 is 1.24 bits per heavy atom. The molecule has 5 heteroatoms. The predicted molar refractivity (Wildman–Crippen MR) is 60.4 cm³/mol. The van der Waals surface area contributed by atoms with E-state index in [1.807, 2.05) is 0 Å². The molecule has 2 aliphatic rings. The molecule has 0 aromatic rings. The van der Waals surface area contributed by atoms with Crippen molar-refractivity contribution in [3.05, 3.63) is 0 Å². The highest BCUT2D eigenvalue weighted by Gasteiger charge is 2.39. The maximum atomic E-state index is 11.9. The van der Waals surface area contributed by atoms with Gasteiger partial charge in [-0.1, -0.05) is 6.42 Å². The third kappa shape index (κ3) is 2.60. The first kappa shape index (κ1) is 12.4. The minimum absolute atomic E-state index is 0.0885. The number of carboxylic acids is 1. The first-order valence-corrected chi connectivity index (χ1v) is 6.17. The fourth-order valence-electron chi connectivity index (χ4n) is 2.75. The highest BCUT2D eigenvalue weighted by atomic mass is 16.5. The van der Waals surface area contributed by atoms with Crippen molar-refractivity contribution in [3.63, 3.8) is 0 Å². The molecule has 0 spiro atoms. The Labute approximate surface area is 101 Å². The van der Waals surface area contributed by atoms with Crippen molar-refractivity contribution in [1.29, 1.82) is 0 Å². The van der Waals surface area contributed by atoms with Gasteiger partial charge in [-0.05, 0) is 25.7 Å². The Hall–Kier alpha value is -1.10. The predicted octanol–water partition coefficient (Wildman–Crippen LogP) is 0.781. The average Bonchev–Trinajstić information content (AvgIpc) is 2.71. The molecule has 2 unspecified atom stereocenters. The molecule has 2 fully saturated rings. The molecule has 0 aromatic heterocycles. The minimum Gasteiger partial charge on any atom is -0.481 e. The van der Waals surface area contributed by atoms with Crippen LogP contribution in [-0.2, 0) is 14.3 Å². The average molecular weight is 241 g/mol. The number of carboxylic acid groups (broad SMARTS) is 1. The summed E-state index contributed by atoms with van der Waals surface area (Å²) in [6.07, 6.45) is 4.08. The molecule has 2 rings (SSSR count). The zero-order valence-corrected chi connectivity index (χ0v) is 10.0. The van der Waals surface area contributed by atoms with Crippen LogP contribution in [0.3, 0.4) is 0 Å². The summed E-state index contributed by atoms with van der Waals surface area (Å²) in [5.74, 6) is -1.76. The van der Waals surface area contributed by atoms with Gasteiger partial charge < -0.3 is 15.2 Å². The normalized spacial score (nSPS) is 36.3. The van der Waals surface area contributed by atoms with E-state index < -0.39 is 11.9 Å². The van der Waals surface area contributed by atoms with Crippen molar-refractivity contribution < 1.29 is 19.4 Å². The molecule has 0 heterocycles. The van der Waals surface area contributed by atoms with Gasteiger partial charge in [0.05, 0.1) is 17.9 Å². The Kier molecular flexibility index (Phi) is 3.66. The van der Waals surface area contributed by atoms with Gasteiger partial charge in [-0.3, -0.25) is 9.59 Å². The van der Waals surface area contributed by atoms with Crippen molar-refractivity contribution >= 4 is 11.9 Å². The van der Waals surface area contributed by atoms with Crippen LogP contribution in [-0.4, -0.2) is 36.2 Å². The molecule has 0 aliphatic heterocycles. The zero-order chi connectivity index (χ0) is 12.4. The Morgan fingerprint density at radius 3 is 2.47 bits per heavy atom. The van der Waals surface area contributed by atoms with Crippen molar-refractivity contribution in [1.82, 2.24) is 5.32 Å². The molecule has 96 valence electrons. The number of methoxy groups -OCH3 is 1. The second kappa shape index (κ2) is 5.04. The van der Waals surface area contributed by atoms with Crippen LogP contribution in [0, 0.1) is 11.8 Å². The third-order valence-electron chi connectivity index (χ3n) is 3.94. The van der Waals surface area contributed by atoms with Crippen molar-refractivity contribution in [2.45, 2.75) is 44.2 Å². The molecular weight excluding hydrogens is 222 g/mol. The lowest BCUT2D eigenvalue weighted by Crippen LogP contribution is -2.50. The molecule has 5 nitrogen and oxygen atoms in total. The first-order valence-electron chi connectivity index (χ1n) is 6.17. The van der Waals surface area contributed by atoms with E-state index in [1.54, 1.807) is 7.11 Å². The lowest BCUT2D eigenvalue weighted by molar-refractivity contribution is -0.146. The fraction of sp³-hybridized carbons (Fsp3) is 0.833. The van der Waals surface area contributed by atoms with Crippen LogP contribution in [0.5, 0.6) is 0 Å². The molecule has 2 saturated carbocycles. The zero-order valence-electron chi connectivity index (χ0n) is 10.0. The van der Waals surface area contributed by atoms with Crippen LogP contribution in [0.15, 0.2) is 0 Å². The number of carbonyl (C=O) groups is 2. The van der Waals surface area contributed by atoms with Gasteiger partial charge in [0.15, 0.2) is 0 Å². The lowest BCUT2D eigenvalue weighted by Gasteiger charge is -2.35. The Morgan fingerprint density at radius 2 is 1.88 bits per heavy atom. The number of nitrogens with one attached hydrogen (secondary N) is 1. The highest BCUT2D eigenvalue weighted by molar-refractivity contribution is 5.85. The maximum Gasteiger partial charge on any atom is 0.307 e. The number of ether oxygens (including phenoxy) is 1. The second-order valence-electron chi connectivity index (χ2n) is 5.02. The molecule has 0 aromatic carbocycles. The largest absolute Gasteiger partial charge is 0.481 e. The van der Waals surface area contributed by atoms with Gasteiger partial charge in [0.1, 0.15) is 0 Å². The second-order valence-corrected chi connectivity index (χ2v) is 5.02. The van der Waals surface area contributed by atoms with Gasteiger partial charge >= 0.3 is 5.97 Å². The minimum atomic E-state index is -0.842. The number of hydrogen-bond acceptors (Lipinski definition) is 3. The maximum absolute atomic E-state index is 11.9. The van der Waals surface area contributed by atoms with Gasteiger partial charge in [-0.15, -0.1) is 0 Å². The first-order chi connectivity index (χ1) is 8.11. The number of rotatable bonds is 4. The number of hydrogen-bond donors (Lipinski definition) is 2. The van der Waals surface area contributed by atoms with Crippen molar-refractivity contribution in [2.75, 3.05) is 7.11 Å². The lowest BCUT2D eigenvalue weighted by atomic mass is 9.87. The van der Waals surface area contributed by atoms with E-state index in [0.29, 0.717) is 12.8 Å². The number of aliphatic carboxylic acids is 1. The Bertz CT molecular complexity index is 312. The van der Waals surface area contributed by atoms with Gasteiger partial charge in [0.2, 0.25) is 5.91 Å². The van der Waals surface area contributed by atoms with Crippen molar-refractivity contribution in [2.24, 2.45) is 11.8 Å². The van der Waals surface area contributed by atoms with Gasteiger partial charge in [-0.2, -0.15) is 0 Å². The van der Waals surface area contributed by atoms with E-state index in [0.717, 1.165) is 19.3 Å². The van der Waals surface area contributed by atoms with E-state index in [4.69, 9.17) is 9.84 Å². The van der Waals surface area contributed by atoms with E-state index in [1.165, 1.54) is 0 Å². The SMILES string of the molecule is COC1CC(NC(=O)C2CCCC2C(=O)O)C1. The summed E-state index contributed by atoms with van der Waals surface area (Å²) in [5, 5.41) is 11.9. The smallest absolute Gasteiger partial charge is 0.307 e. The van der Waals surface area contributed by atoms with Crippen LogP contribution < -0.4 is 5.32 Å². The third-order valence-corrected chi connectivity index (χ3v) is 3.94. The van der Waals surface area contributed by atoms with Crippen LogP contribution in [0.4, 0.5) is 0 Å². The standard InChI is InChI=1S/C12H19NO4/c1-17-8-5-7(6-8)13-11(14)9-3-2-4-10(9)12(15)16/h7-10H,2-6H2,1H3,(H,13,14)(H,15,16). The summed E-state index contributed by atoms with van der Waals surface area (Å²) in [5.41, 5.74) is 0. The molecule has 2 aliphatic carbocycles. The molecule has 2 N–H and O–H groups in total. The topological polar surface area (TPSA) is 75.6 Å². The summed E-state index contributed by atoms with van der Waals surface area (Å²) < 4.78 is 5.14. The Balaban J connectivity index is 1.82. The molecule has 0 saturated heterocycles. The van der Waals surface area contributed by atoms with Crippen LogP contribution in [0.25, 0.3) is 0 Å². The van der Waals surface area contributed by atoms with Crippen LogP contribution in [0.2, 0.25) is 0 Å². The number of amides is 1. The molecule has 0 bridgehead atoms. The molecule has 1 amide bonds. The quantitative estimate of drug-likeness (QED) is 0.762. The van der Waals surface area contributed by atoms with Gasteiger partial charge in [-0.25, -0.2) is 0 Å². The van der Waals surface area contributed by atoms with E-state index in [2.05, 4.69) is 5.32 Å².